The standard InChI is InChI=1S/C30H29N3O3S/c1-21-11-15-26(16-12-21)37(34,35)33(24-13-14-24)29-27-17-18-30(20-28(27)31-32-29,22-7-4-3-5-8-22)23-9-6-10-25(19-23)36-2/h3-12,15-19,24H,13-14,20H2,1-2H3,(H,31,32). The van der Waals surface area contributed by atoms with Crippen molar-refractivity contribution in [1.29, 1.82) is 0 Å². The lowest BCUT2D eigenvalue weighted by Gasteiger charge is -2.35. The summed E-state index contributed by atoms with van der Waals surface area (Å²) in [5.41, 5.74) is 4.56. The van der Waals surface area contributed by atoms with Crippen LogP contribution >= 0.6 is 0 Å². The van der Waals surface area contributed by atoms with Gasteiger partial charge in [0.2, 0.25) is 0 Å². The number of fused-ring (bicyclic) bond motifs is 1. The van der Waals surface area contributed by atoms with Crippen LogP contribution < -0.4 is 9.04 Å². The molecule has 1 atom stereocenters. The molecule has 1 fully saturated rings. The Hall–Kier alpha value is -3.84. The Morgan fingerprint density at radius 1 is 0.973 bits per heavy atom. The minimum absolute atomic E-state index is 0.0775. The van der Waals surface area contributed by atoms with E-state index in [0.29, 0.717) is 12.2 Å². The van der Waals surface area contributed by atoms with E-state index in [4.69, 9.17) is 4.74 Å². The lowest BCUT2D eigenvalue weighted by atomic mass is 9.68. The molecule has 0 spiro atoms. The number of methoxy groups -OCH3 is 1. The first-order valence-corrected chi connectivity index (χ1v) is 13.9. The topological polar surface area (TPSA) is 75.3 Å². The molecule has 7 heteroatoms. The molecule has 6 rings (SSSR count). The van der Waals surface area contributed by atoms with Crippen molar-refractivity contribution in [2.24, 2.45) is 0 Å². The summed E-state index contributed by atoms with van der Waals surface area (Å²) in [6.07, 6.45) is 6.49. The van der Waals surface area contributed by atoms with Gasteiger partial charge in [-0.3, -0.25) is 5.10 Å². The van der Waals surface area contributed by atoms with E-state index in [0.717, 1.165) is 46.5 Å². The molecule has 2 aliphatic carbocycles. The van der Waals surface area contributed by atoms with Gasteiger partial charge in [0, 0.05) is 29.1 Å². The maximum Gasteiger partial charge on any atom is 0.265 e. The maximum absolute atomic E-state index is 13.8. The van der Waals surface area contributed by atoms with Gasteiger partial charge in [-0.25, -0.2) is 12.7 Å². The van der Waals surface area contributed by atoms with Gasteiger partial charge in [-0.15, -0.1) is 0 Å². The SMILES string of the molecule is COc1cccc(C2(c3ccccc3)C=Cc3c(N(C4CC4)S(=O)(=O)c4ccc(C)cc4)n[nH]c3C2)c1. The zero-order chi connectivity index (χ0) is 25.6. The average molecular weight is 512 g/mol. The van der Waals surface area contributed by atoms with Crippen LogP contribution in [-0.4, -0.2) is 31.8 Å². The minimum Gasteiger partial charge on any atom is -0.497 e. The van der Waals surface area contributed by atoms with Gasteiger partial charge >= 0.3 is 0 Å². The molecule has 0 saturated heterocycles. The van der Waals surface area contributed by atoms with Gasteiger partial charge in [0.15, 0.2) is 5.82 Å². The Labute approximate surface area is 217 Å². The first-order valence-electron chi connectivity index (χ1n) is 12.5. The molecule has 0 radical (unpaired) electrons. The van der Waals surface area contributed by atoms with E-state index < -0.39 is 15.4 Å². The van der Waals surface area contributed by atoms with E-state index in [2.05, 4.69) is 40.5 Å². The molecule has 3 aromatic carbocycles. The number of hydrogen-bond donors (Lipinski definition) is 1. The molecule has 1 heterocycles. The van der Waals surface area contributed by atoms with Crippen LogP contribution in [0.5, 0.6) is 5.75 Å². The largest absolute Gasteiger partial charge is 0.497 e. The molecule has 0 bridgehead atoms. The van der Waals surface area contributed by atoms with Crippen molar-refractivity contribution in [2.75, 3.05) is 11.4 Å². The third-order valence-corrected chi connectivity index (χ3v) is 9.25. The second-order valence-corrected chi connectivity index (χ2v) is 11.7. The fourth-order valence-electron chi connectivity index (χ4n) is 5.23. The van der Waals surface area contributed by atoms with Gasteiger partial charge < -0.3 is 4.74 Å². The average Bonchev–Trinajstić information content (AvgIpc) is 3.68. The van der Waals surface area contributed by atoms with Crippen LogP contribution in [0, 0.1) is 6.92 Å². The van der Waals surface area contributed by atoms with E-state index in [1.54, 1.807) is 19.2 Å². The van der Waals surface area contributed by atoms with Gasteiger partial charge in [-0.05, 0) is 55.2 Å². The molecule has 2 aliphatic rings. The van der Waals surface area contributed by atoms with Crippen molar-refractivity contribution in [3.63, 3.8) is 0 Å². The number of aromatic nitrogens is 2. The highest BCUT2D eigenvalue weighted by molar-refractivity contribution is 7.92. The van der Waals surface area contributed by atoms with E-state index in [1.807, 2.05) is 55.5 Å². The van der Waals surface area contributed by atoms with Gasteiger partial charge in [0.1, 0.15) is 5.75 Å². The van der Waals surface area contributed by atoms with Crippen molar-refractivity contribution < 1.29 is 13.2 Å². The number of hydrogen-bond acceptors (Lipinski definition) is 4. The number of aryl methyl sites for hydroxylation is 1. The highest BCUT2D eigenvalue weighted by Crippen LogP contribution is 2.45. The van der Waals surface area contributed by atoms with Crippen molar-refractivity contribution in [3.8, 4) is 5.75 Å². The quantitative estimate of drug-likeness (QED) is 0.348. The summed E-state index contributed by atoms with van der Waals surface area (Å²) < 4.78 is 34.6. The van der Waals surface area contributed by atoms with Crippen molar-refractivity contribution in [1.82, 2.24) is 10.2 Å². The third kappa shape index (κ3) is 4.03. The number of benzene rings is 3. The smallest absolute Gasteiger partial charge is 0.265 e. The Morgan fingerprint density at radius 3 is 2.41 bits per heavy atom. The third-order valence-electron chi connectivity index (χ3n) is 7.39. The fraction of sp³-hybridized carbons (Fsp3) is 0.233. The molecule has 4 aromatic rings. The number of ether oxygens (including phenoxy) is 1. The Balaban J connectivity index is 1.46. The van der Waals surface area contributed by atoms with Crippen molar-refractivity contribution in [3.05, 3.63) is 113 Å². The molecule has 1 unspecified atom stereocenters. The molecule has 188 valence electrons. The van der Waals surface area contributed by atoms with Crippen LogP contribution in [0.25, 0.3) is 6.08 Å². The summed E-state index contributed by atoms with van der Waals surface area (Å²) in [5, 5.41) is 7.81. The molecule has 0 amide bonds. The molecule has 37 heavy (non-hydrogen) atoms. The highest BCUT2D eigenvalue weighted by atomic mass is 32.2. The number of H-pyrrole nitrogens is 1. The molecule has 6 nitrogen and oxygen atoms in total. The summed E-state index contributed by atoms with van der Waals surface area (Å²) in [4.78, 5) is 0.288. The van der Waals surface area contributed by atoms with Crippen LogP contribution in [0.2, 0.25) is 0 Å². The van der Waals surface area contributed by atoms with Gasteiger partial charge in [-0.2, -0.15) is 5.10 Å². The first-order chi connectivity index (χ1) is 17.9. The lowest BCUT2D eigenvalue weighted by molar-refractivity contribution is 0.413. The molecular formula is C30H29N3O3S. The van der Waals surface area contributed by atoms with Crippen LogP contribution in [0.15, 0.2) is 89.8 Å². The predicted molar refractivity (Wildman–Crippen MR) is 145 cm³/mol. The second kappa shape index (κ2) is 8.92. The van der Waals surface area contributed by atoms with Crippen LogP contribution in [0.1, 0.15) is 40.8 Å². The Bertz CT molecular complexity index is 1570. The number of nitrogens with one attached hydrogen (secondary N) is 1. The number of rotatable bonds is 7. The van der Waals surface area contributed by atoms with Crippen LogP contribution in [0.3, 0.4) is 0 Å². The summed E-state index contributed by atoms with van der Waals surface area (Å²) in [6.45, 7) is 1.95. The van der Waals surface area contributed by atoms with E-state index in [9.17, 15) is 8.42 Å². The molecule has 1 saturated carbocycles. The van der Waals surface area contributed by atoms with Crippen molar-refractivity contribution in [2.45, 2.75) is 42.5 Å². The van der Waals surface area contributed by atoms with E-state index in [-0.39, 0.29) is 10.9 Å². The van der Waals surface area contributed by atoms with E-state index in [1.165, 1.54) is 4.31 Å². The lowest BCUT2D eigenvalue weighted by Crippen LogP contribution is -2.34. The van der Waals surface area contributed by atoms with Gasteiger partial charge in [0.25, 0.3) is 10.0 Å². The summed E-state index contributed by atoms with van der Waals surface area (Å²) in [7, 11) is -2.08. The molecule has 1 aromatic heterocycles. The Morgan fingerprint density at radius 2 is 1.70 bits per heavy atom. The minimum atomic E-state index is -3.75. The highest BCUT2D eigenvalue weighted by Gasteiger charge is 2.43. The van der Waals surface area contributed by atoms with Crippen LogP contribution in [-0.2, 0) is 21.9 Å². The first kappa shape index (κ1) is 23.6. The molecule has 0 aliphatic heterocycles. The number of nitrogens with zero attached hydrogens (tertiary/aromatic N) is 2. The fourth-order valence-corrected chi connectivity index (χ4v) is 6.91. The number of sulfonamides is 1. The van der Waals surface area contributed by atoms with E-state index >= 15 is 0 Å². The van der Waals surface area contributed by atoms with Gasteiger partial charge in [-0.1, -0.05) is 72.3 Å². The van der Waals surface area contributed by atoms with Gasteiger partial charge in [0.05, 0.1) is 12.0 Å². The molecular weight excluding hydrogens is 482 g/mol. The predicted octanol–water partition coefficient (Wildman–Crippen LogP) is 5.64. The monoisotopic (exact) mass is 511 g/mol. The number of anilines is 1. The second-order valence-electron chi connectivity index (χ2n) is 9.86. The summed E-state index contributed by atoms with van der Waals surface area (Å²) in [5.74, 6) is 1.27. The number of allylic oxidation sites excluding steroid dienone is 1. The number of aromatic amines is 1. The van der Waals surface area contributed by atoms with Crippen LogP contribution in [0.4, 0.5) is 5.82 Å². The Kier molecular flexibility index (Phi) is 5.68. The van der Waals surface area contributed by atoms with Crippen molar-refractivity contribution >= 4 is 21.9 Å². The molecule has 1 N–H and O–H groups in total. The normalized spacial score (nSPS) is 18.9. The summed E-state index contributed by atoms with van der Waals surface area (Å²) in [6, 6.07) is 25.4. The maximum atomic E-state index is 13.8. The zero-order valence-corrected chi connectivity index (χ0v) is 21.7. The summed E-state index contributed by atoms with van der Waals surface area (Å²) >= 11 is 0. The zero-order valence-electron chi connectivity index (χ0n) is 20.9.